The van der Waals surface area contributed by atoms with E-state index < -0.39 is 26.7 Å². The molecule has 1 atom stereocenters. The highest BCUT2D eigenvalue weighted by molar-refractivity contribution is 7.92. The third-order valence-corrected chi connectivity index (χ3v) is 5.60. The number of carbonyl (C=O) groups is 2. The minimum absolute atomic E-state index is 0.0529. The van der Waals surface area contributed by atoms with Gasteiger partial charge in [-0.25, -0.2) is 8.42 Å². The minimum Gasteiger partial charge on any atom is -0.340 e. The summed E-state index contributed by atoms with van der Waals surface area (Å²) in [6.07, 6.45) is 0. The van der Waals surface area contributed by atoms with Gasteiger partial charge < -0.3 is 10.2 Å². The van der Waals surface area contributed by atoms with Gasteiger partial charge in [-0.05, 0) is 34.6 Å². The van der Waals surface area contributed by atoms with Crippen molar-refractivity contribution in [2.45, 2.75) is 51.4 Å². The molecule has 7 heteroatoms. The molecule has 0 spiro atoms. The van der Waals surface area contributed by atoms with Gasteiger partial charge in [0, 0.05) is 6.54 Å². The third kappa shape index (κ3) is 3.26. The second-order valence-electron chi connectivity index (χ2n) is 5.70. The van der Waals surface area contributed by atoms with Gasteiger partial charge in [0.25, 0.3) is 0 Å². The molecule has 1 saturated heterocycles. The van der Waals surface area contributed by atoms with Crippen LogP contribution in [0.3, 0.4) is 0 Å². The molecule has 0 aromatic heterocycles. The van der Waals surface area contributed by atoms with Crippen LogP contribution in [0.4, 0.5) is 0 Å². The van der Waals surface area contributed by atoms with Crippen LogP contribution >= 0.6 is 0 Å². The van der Waals surface area contributed by atoms with Crippen LogP contribution in [0.2, 0.25) is 0 Å². The molecular weight excluding hydrogens is 268 g/mol. The molecule has 0 radical (unpaired) electrons. The summed E-state index contributed by atoms with van der Waals surface area (Å²) >= 11 is 0. The Labute approximate surface area is 114 Å². The minimum atomic E-state index is -3.22. The second kappa shape index (κ2) is 5.11. The molecule has 6 nitrogen and oxygen atoms in total. The Bertz CT molecular complexity index is 482. The van der Waals surface area contributed by atoms with Gasteiger partial charge in [-0.1, -0.05) is 0 Å². The molecule has 1 heterocycles. The summed E-state index contributed by atoms with van der Waals surface area (Å²) in [4.78, 5) is 25.3. The number of hydrogen-bond donors (Lipinski definition) is 1. The lowest BCUT2D eigenvalue weighted by Crippen LogP contribution is -2.67. The first-order valence-electron chi connectivity index (χ1n) is 6.33. The third-order valence-electron chi connectivity index (χ3n) is 3.41. The summed E-state index contributed by atoms with van der Waals surface area (Å²) in [5.41, 5.74) is -0.981. The van der Waals surface area contributed by atoms with E-state index in [0.717, 1.165) is 0 Å². The van der Waals surface area contributed by atoms with E-state index in [1.165, 1.54) is 4.90 Å². The SMILES string of the molecule is CC1C(=O)NC(C)(C)C(=O)N1CCS(=O)(=O)C(C)C. The zero-order chi connectivity index (χ0) is 15.0. The number of nitrogens with one attached hydrogen (secondary N) is 1. The summed E-state index contributed by atoms with van der Waals surface area (Å²) in [5.74, 6) is -0.630. The number of sulfone groups is 1. The molecule has 1 N–H and O–H groups in total. The quantitative estimate of drug-likeness (QED) is 0.786. The van der Waals surface area contributed by atoms with E-state index in [1.807, 2.05) is 0 Å². The Morgan fingerprint density at radius 1 is 1.32 bits per heavy atom. The van der Waals surface area contributed by atoms with Gasteiger partial charge in [0.1, 0.15) is 11.6 Å². The average molecular weight is 290 g/mol. The number of piperazine rings is 1. The van der Waals surface area contributed by atoms with Crippen molar-refractivity contribution in [3.05, 3.63) is 0 Å². The van der Waals surface area contributed by atoms with Crippen molar-refractivity contribution >= 4 is 21.7 Å². The lowest BCUT2D eigenvalue weighted by atomic mass is 9.97. The summed E-state index contributed by atoms with van der Waals surface area (Å²) < 4.78 is 23.6. The molecule has 2 amide bonds. The zero-order valence-electron chi connectivity index (χ0n) is 12.1. The van der Waals surface area contributed by atoms with Crippen LogP contribution in [-0.4, -0.2) is 54.3 Å². The first kappa shape index (κ1) is 15.9. The van der Waals surface area contributed by atoms with Crippen molar-refractivity contribution in [1.82, 2.24) is 10.2 Å². The van der Waals surface area contributed by atoms with Crippen LogP contribution in [0.5, 0.6) is 0 Å². The van der Waals surface area contributed by atoms with Crippen LogP contribution < -0.4 is 5.32 Å². The van der Waals surface area contributed by atoms with E-state index in [4.69, 9.17) is 0 Å². The van der Waals surface area contributed by atoms with Crippen molar-refractivity contribution < 1.29 is 18.0 Å². The van der Waals surface area contributed by atoms with E-state index in [2.05, 4.69) is 5.32 Å². The summed E-state index contributed by atoms with van der Waals surface area (Å²) in [7, 11) is -3.22. The molecule has 0 aliphatic carbocycles. The van der Waals surface area contributed by atoms with E-state index in [-0.39, 0.29) is 24.1 Å². The molecule has 0 aromatic rings. The van der Waals surface area contributed by atoms with Crippen LogP contribution in [-0.2, 0) is 19.4 Å². The highest BCUT2D eigenvalue weighted by atomic mass is 32.2. The molecular formula is C12H22N2O4S. The van der Waals surface area contributed by atoms with Gasteiger partial charge in [-0.15, -0.1) is 0 Å². The summed E-state index contributed by atoms with van der Waals surface area (Å²) in [5, 5.41) is 2.14. The smallest absolute Gasteiger partial charge is 0.248 e. The van der Waals surface area contributed by atoms with Gasteiger partial charge in [0.15, 0.2) is 9.84 Å². The van der Waals surface area contributed by atoms with Crippen molar-refractivity contribution in [2.24, 2.45) is 0 Å². The number of carbonyl (C=O) groups excluding carboxylic acids is 2. The normalized spacial score (nSPS) is 23.7. The highest BCUT2D eigenvalue weighted by Gasteiger charge is 2.43. The maximum atomic E-state index is 12.2. The van der Waals surface area contributed by atoms with Gasteiger partial charge >= 0.3 is 0 Å². The molecule has 1 aliphatic heterocycles. The molecule has 110 valence electrons. The first-order valence-corrected chi connectivity index (χ1v) is 8.05. The highest BCUT2D eigenvalue weighted by Crippen LogP contribution is 2.18. The molecule has 0 bridgehead atoms. The Hall–Kier alpha value is -1.11. The summed E-state index contributed by atoms with van der Waals surface area (Å²) in [6, 6.07) is -0.636. The lowest BCUT2D eigenvalue weighted by Gasteiger charge is -2.41. The molecule has 1 fully saturated rings. The van der Waals surface area contributed by atoms with Gasteiger partial charge in [0.05, 0.1) is 11.0 Å². The molecule has 0 saturated carbocycles. The van der Waals surface area contributed by atoms with Crippen molar-refractivity contribution in [3.8, 4) is 0 Å². The van der Waals surface area contributed by atoms with Crippen LogP contribution in [0.1, 0.15) is 34.6 Å². The fourth-order valence-corrected chi connectivity index (χ4v) is 2.82. The largest absolute Gasteiger partial charge is 0.340 e. The molecule has 1 aliphatic rings. The van der Waals surface area contributed by atoms with Gasteiger partial charge in [-0.3, -0.25) is 9.59 Å². The average Bonchev–Trinajstić information content (AvgIpc) is 2.26. The van der Waals surface area contributed by atoms with Crippen LogP contribution in [0, 0.1) is 0 Å². The van der Waals surface area contributed by atoms with Gasteiger partial charge in [0.2, 0.25) is 11.8 Å². The molecule has 1 rings (SSSR count). The van der Waals surface area contributed by atoms with E-state index in [0.29, 0.717) is 0 Å². The number of hydrogen-bond acceptors (Lipinski definition) is 4. The van der Waals surface area contributed by atoms with E-state index in [9.17, 15) is 18.0 Å². The predicted octanol–water partition coefficient (Wildman–Crippen LogP) is -0.0649. The molecule has 1 unspecified atom stereocenters. The van der Waals surface area contributed by atoms with E-state index in [1.54, 1.807) is 34.6 Å². The summed E-state index contributed by atoms with van der Waals surface area (Å²) in [6.45, 7) is 8.09. The van der Waals surface area contributed by atoms with E-state index >= 15 is 0 Å². The van der Waals surface area contributed by atoms with Crippen LogP contribution in [0.15, 0.2) is 0 Å². The predicted molar refractivity (Wildman–Crippen MR) is 72.3 cm³/mol. The Morgan fingerprint density at radius 2 is 1.84 bits per heavy atom. The van der Waals surface area contributed by atoms with Crippen molar-refractivity contribution in [2.75, 3.05) is 12.3 Å². The number of rotatable bonds is 4. The molecule has 0 aromatic carbocycles. The zero-order valence-corrected chi connectivity index (χ0v) is 12.9. The lowest BCUT2D eigenvalue weighted by molar-refractivity contribution is -0.152. The Kier molecular flexibility index (Phi) is 4.29. The second-order valence-corrected chi connectivity index (χ2v) is 8.38. The van der Waals surface area contributed by atoms with Gasteiger partial charge in [-0.2, -0.15) is 0 Å². The topological polar surface area (TPSA) is 83.6 Å². The maximum absolute atomic E-state index is 12.2. The first-order chi connectivity index (χ1) is 8.49. The number of nitrogens with zero attached hydrogens (tertiary/aromatic N) is 1. The fourth-order valence-electron chi connectivity index (χ4n) is 1.90. The Balaban J connectivity index is 2.86. The van der Waals surface area contributed by atoms with Crippen LogP contribution in [0.25, 0.3) is 0 Å². The fraction of sp³-hybridized carbons (Fsp3) is 0.833. The monoisotopic (exact) mass is 290 g/mol. The van der Waals surface area contributed by atoms with Crippen molar-refractivity contribution in [3.63, 3.8) is 0 Å². The standard InChI is InChI=1S/C12H22N2O4S/c1-8(2)19(17,18)7-6-14-9(3)10(15)13-12(4,5)11(14)16/h8-9H,6-7H2,1-5H3,(H,13,15). The maximum Gasteiger partial charge on any atom is 0.248 e. The number of amides is 2. The molecule has 19 heavy (non-hydrogen) atoms. The van der Waals surface area contributed by atoms with Crippen molar-refractivity contribution in [1.29, 1.82) is 0 Å². The Morgan fingerprint density at radius 3 is 2.32 bits per heavy atom.